The number of nitrogens with two attached hydrogens (primary N) is 2. The minimum Gasteiger partial charge on any atom is -0.443 e. The number of aromatic nitrogens is 1. The standard InChI is InChI=1S/C21H31N7O4S/c1-5-6-12-11-13(24-18-14(12)15(22)16(33-18)17(23)29)27-7-9-28(10-8-27)19(30)25-26-20(31)32-21(2,3)4/h11H,5-10,22H2,1-4H3,(H2,23,29)(H,25,30)(H,26,31). The summed E-state index contributed by atoms with van der Waals surface area (Å²) in [6, 6.07) is 1.59. The lowest BCUT2D eigenvalue weighted by molar-refractivity contribution is 0.0498. The Morgan fingerprint density at radius 3 is 2.42 bits per heavy atom. The fourth-order valence-corrected chi connectivity index (χ4v) is 4.61. The number of hydrogen-bond acceptors (Lipinski definition) is 8. The van der Waals surface area contributed by atoms with Crippen LogP contribution in [0.1, 0.15) is 49.4 Å². The molecule has 1 aliphatic rings. The molecule has 0 bridgehead atoms. The zero-order chi connectivity index (χ0) is 24.3. The molecule has 2 aromatic rings. The van der Waals surface area contributed by atoms with Crippen molar-refractivity contribution in [3.63, 3.8) is 0 Å². The average molecular weight is 478 g/mol. The molecule has 4 amide bonds. The van der Waals surface area contributed by atoms with Crippen LogP contribution in [0.3, 0.4) is 0 Å². The summed E-state index contributed by atoms with van der Waals surface area (Å²) in [6.07, 6.45) is 0.989. The van der Waals surface area contributed by atoms with Crippen molar-refractivity contribution in [1.82, 2.24) is 20.7 Å². The van der Waals surface area contributed by atoms with Gasteiger partial charge in [-0.25, -0.2) is 25.4 Å². The Kier molecular flexibility index (Phi) is 7.15. The van der Waals surface area contributed by atoms with Crippen molar-refractivity contribution in [2.75, 3.05) is 36.8 Å². The number of carbonyl (C=O) groups is 3. The third kappa shape index (κ3) is 5.75. The van der Waals surface area contributed by atoms with Crippen molar-refractivity contribution in [3.05, 3.63) is 16.5 Å². The molecule has 12 heteroatoms. The quantitative estimate of drug-likeness (QED) is 0.492. The number of rotatable bonds is 4. The maximum atomic E-state index is 12.4. The number of urea groups is 1. The second kappa shape index (κ2) is 9.69. The van der Waals surface area contributed by atoms with Gasteiger partial charge in [-0.2, -0.15) is 0 Å². The molecule has 1 saturated heterocycles. The van der Waals surface area contributed by atoms with E-state index in [9.17, 15) is 14.4 Å². The molecule has 0 atom stereocenters. The van der Waals surface area contributed by atoms with E-state index in [1.54, 1.807) is 25.7 Å². The van der Waals surface area contributed by atoms with Gasteiger partial charge in [-0.15, -0.1) is 11.3 Å². The van der Waals surface area contributed by atoms with E-state index in [4.69, 9.17) is 21.2 Å². The maximum absolute atomic E-state index is 12.4. The first-order valence-corrected chi connectivity index (χ1v) is 11.6. The molecule has 1 fully saturated rings. The van der Waals surface area contributed by atoms with Gasteiger partial charge < -0.3 is 26.0 Å². The molecule has 11 nitrogen and oxygen atoms in total. The lowest BCUT2D eigenvalue weighted by atomic mass is 10.1. The van der Waals surface area contributed by atoms with Crippen LogP contribution in [0.2, 0.25) is 0 Å². The van der Waals surface area contributed by atoms with Crippen LogP contribution >= 0.6 is 11.3 Å². The average Bonchev–Trinajstić information content (AvgIpc) is 3.08. The lowest BCUT2D eigenvalue weighted by Crippen LogP contribution is -2.55. The Bertz CT molecular complexity index is 1060. The van der Waals surface area contributed by atoms with Gasteiger partial charge in [-0.05, 0) is 38.8 Å². The molecule has 0 unspecified atom stereocenters. The van der Waals surface area contributed by atoms with Crippen molar-refractivity contribution in [1.29, 1.82) is 0 Å². The van der Waals surface area contributed by atoms with E-state index >= 15 is 0 Å². The highest BCUT2D eigenvalue weighted by Gasteiger charge is 2.25. The number of hydrazine groups is 1. The number of pyridine rings is 1. The number of nitrogen functional groups attached to an aromatic ring is 1. The fourth-order valence-electron chi connectivity index (χ4n) is 3.62. The summed E-state index contributed by atoms with van der Waals surface area (Å²) in [6.45, 7) is 9.32. The molecular formula is C21H31N7O4S. The second-order valence-electron chi connectivity index (χ2n) is 8.81. The number of piperazine rings is 1. The number of fused-ring (bicyclic) bond motifs is 1. The van der Waals surface area contributed by atoms with E-state index in [0.29, 0.717) is 41.6 Å². The first-order valence-electron chi connectivity index (χ1n) is 10.8. The number of thiophene rings is 1. The minimum absolute atomic E-state index is 0.325. The van der Waals surface area contributed by atoms with Crippen LogP contribution in [0.5, 0.6) is 0 Å². The van der Waals surface area contributed by atoms with Gasteiger partial charge in [0.2, 0.25) is 0 Å². The van der Waals surface area contributed by atoms with Crippen molar-refractivity contribution in [2.45, 2.75) is 46.1 Å². The molecule has 2 aromatic heterocycles. The van der Waals surface area contributed by atoms with Gasteiger partial charge in [-0.1, -0.05) is 13.3 Å². The van der Waals surface area contributed by atoms with E-state index in [2.05, 4.69) is 22.7 Å². The number of aryl methyl sites for hydroxylation is 1. The van der Waals surface area contributed by atoms with Crippen LogP contribution in [-0.2, 0) is 11.2 Å². The molecule has 0 spiro atoms. The van der Waals surface area contributed by atoms with Crippen LogP contribution in [0.15, 0.2) is 6.07 Å². The summed E-state index contributed by atoms with van der Waals surface area (Å²) < 4.78 is 5.10. The van der Waals surface area contributed by atoms with E-state index in [-0.39, 0.29) is 0 Å². The highest BCUT2D eigenvalue weighted by Crippen LogP contribution is 2.37. The van der Waals surface area contributed by atoms with Gasteiger partial charge in [0.1, 0.15) is 21.1 Å². The SMILES string of the molecule is CCCc1cc(N2CCN(C(=O)NNC(=O)OC(C)(C)C)CC2)nc2sc(C(N)=O)c(N)c12. The zero-order valence-electron chi connectivity index (χ0n) is 19.4. The third-order valence-electron chi connectivity index (χ3n) is 5.07. The van der Waals surface area contributed by atoms with E-state index in [1.165, 1.54) is 11.3 Å². The monoisotopic (exact) mass is 477 g/mol. The van der Waals surface area contributed by atoms with E-state index in [0.717, 1.165) is 29.6 Å². The van der Waals surface area contributed by atoms with Crippen molar-refractivity contribution in [3.8, 4) is 0 Å². The van der Waals surface area contributed by atoms with E-state index in [1.807, 2.05) is 6.07 Å². The summed E-state index contributed by atoms with van der Waals surface area (Å²) in [5.41, 5.74) is 17.1. The van der Waals surface area contributed by atoms with Gasteiger partial charge in [-0.3, -0.25) is 4.79 Å². The van der Waals surface area contributed by atoms with E-state index < -0.39 is 23.6 Å². The Morgan fingerprint density at radius 2 is 1.85 bits per heavy atom. The minimum atomic E-state index is -0.721. The number of primary amides is 1. The summed E-state index contributed by atoms with van der Waals surface area (Å²) in [5.74, 6) is 0.217. The third-order valence-corrected chi connectivity index (χ3v) is 6.19. The lowest BCUT2D eigenvalue weighted by Gasteiger charge is -2.35. The topological polar surface area (TPSA) is 156 Å². The molecule has 180 valence electrons. The predicted molar refractivity (Wildman–Crippen MR) is 128 cm³/mol. The van der Waals surface area contributed by atoms with Crippen molar-refractivity contribution < 1.29 is 19.1 Å². The summed E-state index contributed by atoms with van der Waals surface area (Å²) in [7, 11) is 0. The Balaban J connectivity index is 1.67. The molecular weight excluding hydrogens is 446 g/mol. The molecule has 3 heterocycles. The van der Waals surface area contributed by atoms with Crippen LogP contribution in [0.4, 0.5) is 21.1 Å². The number of ether oxygens (including phenoxy) is 1. The summed E-state index contributed by atoms with van der Waals surface area (Å²) in [4.78, 5) is 45.3. The van der Waals surface area contributed by atoms with Crippen molar-refractivity contribution in [2.24, 2.45) is 5.73 Å². The van der Waals surface area contributed by atoms with Crippen molar-refractivity contribution >= 4 is 51.1 Å². The largest absolute Gasteiger partial charge is 0.443 e. The van der Waals surface area contributed by atoms with Crippen LogP contribution in [0.25, 0.3) is 10.2 Å². The Labute approximate surface area is 196 Å². The molecule has 0 saturated carbocycles. The number of amides is 4. The molecule has 0 aliphatic carbocycles. The zero-order valence-corrected chi connectivity index (χ0v) is 20.2. The highest BCUT2D eigenvalue weighted by atomic mass is 32.1. The molecule has 3 rings (SSSR count). The van der Waals surface area contributed by atoms with Gasteiger partial charge >= 0.3 is 12.1 Å². The molecule has 1 aliphatic heterocycles. The number of nitrogens with zero attached hydrogens (tertiary/aromatic N) is 3. The molecule has 33 heavy (non-hydrogen) atoms. The molecule has 0 radical (unpaired) electrons. The summed E-state index contributed by atoms with van der Waals surface area (Å²) >= 11 is 1.20. The maximum Gasteiger partial charge on any atom is 0.426 e. The van der Waals surface area contributed by atoms with Gasteiger partial charge in [0.15, 0.2) is 0 Å². The van der Waals surface area contributed by atoms with Crippen LogP contribution < -0.4 is 27.2 Å². The summed E-state index contributed by atoms with van der Waals surface area (Å²) in [5, 5.41) is 0.797. The Morgan fingerprint density at radius 1 is 1.18 bits per heavy atom. The molecule has 0 aromatic carbocycles. The van der Waals surface area contributed by atoms with Gasteiger partial charge in [0.05, 0.1) is 5.69 Å². The van der Waals surface area contributed by atoms with Gasteiger partial charge in [0, 0.05) is 31.6 Å². The first kappa shape index (κ1) is 24.4. The van der Waals surface area contributed by atoms with Crippen LogP contribution in [0, 0.1) is 0 Å². The number of anilines is 2. The normalized spacial score (nSPS) is 14.3. The molecule has 6 N–H and O–H groups in total. The highest BCUT2D eigenvalue weighted by molar-refractivity contribution is 7.21. The Hall–Kier alpha value is -3.28. The number of hydrogen-bond donors (Lipinski definition) is 4. The number of nitrogens with one attached hydrogen (secondary N) is 2. The fraction of sp³-hybridized carbons (Fsp3) is 0.524. The first-order chi connectivity index (χ1) is 15.5. The second-order valence-corrected chi connectivity index (χ2v) is 9.81. The predicted octanol–water partition coefficient (Wildman–Crippen LogP) is 2.20. The number of carbonyl (C=O) groups excluding carboxylic acids is 3. The smallest absolute Gasteiger partial charge is 0.426 e. The van der Waals surface area contributed by atoms with Crippen LogP contribution in [-0.4, -0.2) is 59.7 Å². The van der Waals surface area contributed by atoms with Gasteiger partial charge in [0.25, 0.3) is 5.91 Å².